The van der Waals surface area contributed by atoms with Crippen molar-refractivity contribution < 1.29 is 4.42 Å². The summed E-state index contributed by atoms with van der Waals surface area (Å²) in [6.45, 7) is 1.19. The van der Waals surface area contributed by atoms with E-state index in [9.17, 15) is 0 Å². The zero-order valence-electron chi connectivity index (χ0n) is 8.57. The van der Waals surface area contributed by atoms with Crippen molar-refractivity contribution in [1.82, 2.24) is 4.98 Å². The van der Waals surface area contributed by atoms with Crippen molar-refractivity contribution in [3.8, 4) is 0 Å². The number of aromatic nitrogens is 1. The van der Waals surface area contributed by atoms with Crippen LogP contribution in [0.2, 0.25) is 0 Å². The van der Waals surface area contributed by atoms with Crippen LogP contribution in [0, 0.1) is 0 Å². The predicted molar refractivity (Wildman–Crippen MR) is 59.3 cm³/mol. The van der Waals surface area contributed by atoms with Gasteiger partial charge in [-0.25, -0.2) is 4.98 Å². The van der Waals surface area contributed by atoms with Crippen molar-refractivity contribution in [2.45, 2.75) is 19.4 Å². The first-order chi connectivity index (χ1) is 7.33. The highest BCUT2D eigenvalue weighted by molar-refractivity contribution is 5.73. The summed E-state index contributed by atoms with van der Waals surface area (Å²) in [6.07, 6.45) is 1.69. The number of benzene rings is 1. The third-order valence-corrected chi connectivity index (χ3v) is 2.33. The van der Waals surface area contributed by atoms with Gasteiger partial charge in [0.15, 0.2) is 11.5 Å². The number of hydrogen-bond acceptors (Lipinski definition) is 4. The van der Waals surface area contributed by atoms with Crippen molar-refractivity contribution in [1.29, 1.82) is 0 Å². The topological polar surface area (TPSA) is 78.1 Å². The second kappa shape index (κ2) is 4.42. The molecule has 80 valence electrons. The van der Waals surface area contributed by atoms with Crippen LogP contribution < -0.4 is 11.5 Å². The Kier molecular flexibility index (Phi) is 2.99. The second-order valence-corrected chi connectivity index (χ2v) is 3.51. The minimum Gasteiger partial charge on any atom is -0.441 e. The van der Waals surface area contributed by atoms with Crippen molar-refractivity contribution >= 4 is 11.1 Å². The van der Waals surface area contributed by atoms with E-state index in [1.165, 1.54) is 0 Å². The molecule has 0 aliphatic rings. The van der Waals surface area contributed by atoms with Crippen LogP contribution in [0.5, 0.6) is 0 Å². The molecule has 1 aromatic heterocycles. The number of rotatable bonds is 4. The molecule has 0 saturated carbocycles. The van der Waals surface area contributed by atoms with Crippen LogP contribution in [-0.2, 0) is 13.0 Å². The Balaban J connectivity index is 2.29. The number of nitrogens with zero attached hydrogens (tertiary/aromatic N) is 1. The van der Waals surface area contributed by atoms with Gasteiger partial charge in [-0.3, -0.25) is 0 Å². The average molecular weight is 205 g/mol. The molecular weight excluding hydrogens is 190 g/mol. The molecule has 0 atom stereocenters. The van der Waals surface area contributed by atoms with Crippen molar-refractivity contribution in [2.75, 3.05) is 6.54 Å². The highest BCUT2D eigenvalue weighted by atomic mass is 16.3. The van der Waals surface area contributed by atoms with E-state index in [1.807, 2.05) is 18.2 Å². The second-order valence-electron chi connectivity index (χ2n) is 3.51. The molecule has 0 amide bonds. The first kappa shape index (κ1) is 10.1. The quantitative estimate of drug-likeness (QED) is 0.785. The molecule has 2 aromatic rings. The van der Waals surface area contributed by atoms with E-state index in [1.54, 1.807) is 0 Å². The Labute approximate surface area is 88.3 Å². The summed E-state index contributed by atoms with van der Waals surface area (Å²) in [4.78, 5) is 4.38. The van der Waals surface area contributed by atoms with Crippen molar-refractivity contribution in [3.63, 3.8) is 0 Å². The molecule has 4 N–H and O–H groups in total. The van der Waals surface area contributed by atoms with E-state index in [-0.39, 0.29) is 0 Å². The molecule has 0 saturated heterocycles. The Hall–Kier alpha value is -1.39. The molecule has 0 unspecified atom stereocenters. The largest absolute Gasteiger partial charge is 0.441 e. The van der Waals surface area contributed by atoms with Crippen LogP contribution in [0.3, 0.4) is 0 Å². The zero-order valence-corrected chi connectivity index (χ0v) is 8.57. The van der Waals surface area contributed by atoms with E-state index in [4.69, 9.17) is 15.9 Å². The fourth-order valence-corrected chi connectivity index (χ4v) is 1.51. The molecule has 4 nitrogen and oxygen atoms in total. The van der Waals surface area contributed by atoms with Crippen LogP contribution in [-0.4, -0.2) is 11.5 Å². The minimum absolute atomic E-state index is 0.529. The normalized spacial score (nSPS) is 11.1. The fourth-order valence-electron chi connectivity index (χ4n) is 1.51. The standard InChI is InChI=1S/C11H15N3O/c12-5-1-2-11-14-9-6-8(7-13)3-4-10(9)15-11/h3-4,6H,1-2,5,7,12-13H2. The van der Waals surface area contributed by atoms with Crippen LogP contribution in [0.15, 0.2) is 22.6 Å². The lowest BCUT2D eigenvalue weighted by atomic mass is 10.2. The third-order valence-electron chi connectivity index (χ3n) is 2.33. The molecule has 0 spiro atoms. The average Bonchev–Trinajstić information content (AvgIpc) is 2.67. The van der Waals surface area contributed by atoms with Gasteiger partial charge in [0.1, 0.15) is 5.52 Å². The van der Waals surface area contributed by atoms with E-state index in [0.717, 1.165) is 35.4 Å². The van der Waals surface area contributed by atoms with Crippen LogP contribution in [0.1, 0.15) is 17.9 Å². The summed E-state index contributed by atoms with van der Waals surface area (Å²) >= 11 is 0. The van der Waals surface area contributed by atoms with Crippen molar-refractivity contribution in [3.05, 3.63) is 29.7 Å². The maximum absolute atomic E-state index is 5.56. The Bertz CT molecular complexity index is 450. The molecule has 2 rings (SSSR count). The maximum atomic E-state index is 5.56. The lowest BCUT2D eigenvalue weighted by Gasteiger charge is -1.92. The third kappa shape index (κ3) is 2.16. The summed E-state index contributed by atoms with van der Waals surface area (Å²) in [5.74, 6) is 0.754. The summed E-state index contributed by atoms with van der Waals surface area (Å²) in [7, 11) is 0. The molecule has 1 aromatic carbocycles. The number of aryl methyl sites for hydroxylation is 1. The van der Waals surface area contributed by atoms with E-state index in [0.29, 0.717) is 13.1 Å². The van der Waals surface area contributed by atoms with Gasteiger partial charge in [-0.15, -0.1) is 0 Å². The number of hydrogen-bond donors (Lipinski definition) is 2. The summed E-state index contributed by atoms with van der Waals surface area (Å²) < 4.78 is 5.56. The Morgan fingerprint density at radius 2 is 2.13 bits per heavy atom. The highest BCUT2D eigenvalue weighted by Crippen LogP contribution is 2.17. The van der Waals surface area contributed by atoms with Gasteiger partial charge in [0.2, 0.25) is 0 Å². The van der Waals surface area contributed by atoms with Gasteiger partial charge >= 0.3 is 0 Å². The van der Waals surface area contributed by atoms with Crippen LogP contribution >= 0.6 is 0 Å². The molecular formula is C11H15N3O. The summed E-state index contributed by atoms with van der Waals surface area (Å²) in [5.41, 5.74) is 13.8. The van der Waals surface area contributed by atoms with E-state index >= 15 is 0 Å². The molecule has 0 aliphatic heterocycles. The SMILES string of the molecule is NCCCc1nc2cc(CN)ccc2o1. The molecule has 15 heavy (non-hydrogen) atoms. The first-order valence-electron chi connectivity index (χ1n) is 5.12. The Morgan fingerprint density at radius 1 is 1.27 bits per heavy atom. The smallest absolute Gasteiger partial charge is 0.195 e. The monoisotopic (exact) mass is 205 g/mol. The number of oxazole rings is 1. The van der Waals surface area contributed by atoms with Gasteiger partial charge in [0.05, 0.1) is 0 Å². The lowest BCUT2D eigenvalue weighted by Crippen LogP contribution is -2.00. The summed E-state index contributed by atoms with van der Waals surface area (Å²) in [5, 5.41) is 0. The van der Waals surface area contributed by atoms with Gasteiger partial charge < -0.3 is 15.9 Å². The first-order valence-corrected chi connectivity index (χ1v) is 5.12. The fraction of sp³-hybridized carbons (Fsp3) is 0.364. The number of fused-ring (bicyclic) bond motifs is 1. The van der Waals surface area contributed by atoms with Crippen LogP contribution in [0.25, 0.3) is 11.1 Å². The van der Waals surface area contributed by atoms with Gasteiger partial charge in [-0.2, -0.15) is 0 Å². The lowest BCUT2D eigenvalue weighted by molar-refractivity contribution is 0.521. The molecule has 4 heteroatoms. The van der Waals surface area contributed by atoms with E-state index in [2.05, 4.69) is 4.98 Å². The summed E-state index contributed by atoms with van der Waals surface area (Å²) in [6, 6.07) is 5.83. The molecule has 1 heterocycles. The molecule has 0 fully saturated rings. The minimum atomic E-state index is 0.529. The number of nitrogens with two attached hydrogens (primary N) is 2. The predicted octanol–water partition coefficient (Wildman–Crippen LogP) is 1.18. The molecule has 0 aliphatic carbocycles. The van der Waals surface area contributed by atoms with Gasteiger partial charge in [0, 0.05) is 13.0 Å². The van der Waals surface area contributed by atoms with Gasteiger partial charge in [-0.05, 0) is 30.7 Å². The van der Waals surface area contributed by atoms with Gasteiger partial charge in [-0.1, -0.05) is 6.07 Å². The maximum Gasteiger partial charge on any atom is 0.195 e. The van der Waals surface area contributed by atoms with Crippen molar-refractivity contribution in [2.24, 2.45) is 11.5 Å². The van der Waals surface area contributed by atoms with Gasteiger partial charge in [0.25, 0.3) is 0 Å². The van der Waals surface area contributed by atoms with E-state index < -0.39 is 0 Å². The van der Waals surface area contributed by atoms with Crippen LogP contribution in [0.4, 0.5) is 0 Å². The molecule has 0 radical (unpaired) electrons. The molecule has 0 bridgehead atoms. The Morgan fingerprint density at radius 3 is 2.87 bits per heavy atom. The highest BCUT2D eigenvalue weighted by Gasteiger charge is 2.05. The zero-order chi connectivity index (χ0) is 10.7.